The van der Waals surface area contributed by atoms with E-state index < -0.39 is 0 Å². The summed E-state index contributed by atoms with van der Waals surface area (Å²) in [6, 6.07) is 5.63. The first-order chi connectivity index (χ1) is 12.4. The lowest BCUT2D eigenvalue weighted by atomic mass is 10.1. The monoisotopic (exact) mass is 525 g/mol. The van der Waals surface area contributed by atoms with Crippen molar-refractivity contribution in [2.75, 3.05) is 13.1 Å². The molecule has 1 atom stereocenters. The molecular weight excluding hydrogens is 500 g/mol. The molecule has 0 bridgehead atoms. The molecule has 1 unspecified atom stereocenters. The maximum absolute atomic E-state index is 6.10. The average molecular weight is 526 g/mol. The zero-order chi connectivity index (χ0) is 19.1. The fourth-order valence-electron chi connectivity index (χ4n) is 2.26. The zero-order valence-corrected chi connectivity index (χ0v) is 19.8. The Hall–Kier alpha value is -1.06. The Kier molecular flexibility index (Phi) is 10.4. The molecular formula is C18H26Cl2IN5O. The SMILES string of the molecule is CCNC(=NCCc1nc(C(C)C)no1)NC(C)c1ccc(Cl)c(Cl)c1.I. The summed E-state index contributed by atoms with van der Waals surface area (Å²) in [7, 11) is 0. The number of aromatic nitrogens is 2. The molecule has 27 heavy (non-hydrogen) atoms. The first kappa shape index (κ1) is 24.0. The molecule has 0 aliphatic carbocycles. The highest BCUT2D eigenvalue weighted by Gasteiger charge is 2.11. The second kappa shape index (κ2) is 11.7. The van der Waals surface area contributed by atoms with E-state index in [4.69, 9.17) is 27.7 Å². The van der Waals surface area contributed by atoms with Crippen molar-refractivity contribution in [3.8, 4) is 0 Å². The van der Waals surface area contributed by atoms with Crippen LogP contribution in [-0.4, -0.2) is 29.2 Å². The smallest absolute Gasteiger partial charge is 0.228 e. The lowest BCUT2D eigenvalue weighted by molar-refractivity contribution is 0.372. The number of guanidine groups is 1. The van der Waals surface area contributed by atoms with E-state index in [9.17, 15) is 0 Å². The highest BCUT2D eigenvalue weighted by molar-refractivity contribution is 14.0. The van der Waals surface area contributed by atoms with Crippen LogP contribution >= 0.6 is 47.2 Å². The van der Waals surface area contributed by atoms with Gasteiger partial charge in [0.05, 0.1) is 22.6 Å². The van der Waals surface area contributed by atoms with Crippen LogP contribution in [0.15, 0.2) is 27.7 Å². The molecule has 0 aliphatic rings. The van der Waals surface area contributed by atoms with Crippen molar-refractivity contribution >= 4 is 53.1 Å². The largest absolute Gasteiger partial charge is 0.357 e. The van der Waals surface area contributed by atoms with Gasteiger partial charge in [0.2, 0.25) is 5.89 Å². The third kappa shape index (κ3) is 7.46. The summed E-state index contributed by atoms with van der Waals surface area (Å²) < 4.78 is 5.24. The quantitative estimate of drug-likeness (QED) is 0.303. The van der Waals surface area contributed by atoms with Gasteiger partial charge in [0.1, 0.15) is 0 Å². The number of nitrogens with one attached hydrogen (secondary N) is 2. The minimum absolute atomic E-state index is 0. The summed E-state index contributed by atoms with van der Waals surface area (Å²) in [6.45, 7) is 9.43. The third-order valence-electron chi connectivity index (χ3n) is 3.74. The predicted octanol–water partition coefficient (Wildman–Crippen LogP) is 4.98. The van der Waals surface area contributed by atoms with Crippen LogP contribution in [0.25, 0.3) is 0 Å². The second-order valence-electron chi connectivity index (χ2n) is 6.25. The number of nitrogens with zero attached hydrogens (tertiary/aromatic N) is 3. The van der Waals surface area contributed by atoms with Crippen LogP contribution in [0.4, 0.5) is 0 Å². The topological polar surface area (TPSA) is 75.3 Å². The summed E-state index contributed by atoms with van der Waals surface area (Å²) in [5.74, 6) is 2.30. The van der Waals surface area contributed by atoms with Gasteiger partial charge in [-0.15, -0.1) is 24.0 Å². The van der Waals surface area contributed by atoms with E-state index >= 15 is 0 Å². The van der Waals surface area contributed by atoms with Crippen molar-refractivity contribution in [3.05, 3.63) is 45.5 Å². The van der Waals surface area contributed by atoms with Crippen LogP contribution in [0.1, 0.15) is 56.9 Å². The van der Waals surface area contributed by atoms with Crippen molar-refractivity contribution < 1.29 is 4.52 Å². The molecule has 1 aromatic heterocycles. The predicted molar refractivity (Wildman–Crippen MR) is 121 cm³/mol. The highest BCUT2D eigenvalue weighted by atomic mass is 127. The van der Waals surface area contributed by atoms with Gasteiger partial charge in [-0.25, -0.2) is 0 Å². The molecule has 6 nitrogen and oxygen atoms in total. The summed E-state index contributed by atoms with van der Waals surface area (Å²) in [5.41, 5.74) is 1.03. The Bertz CT molecular complexity index is 751. The van der Waals surface area contributed by atoms with E-state index in [1.165, 1.54) is 0 Å². The molecule has 0 aliphatic heterocycles. The minimum atomic E-state index is 0. The van der Waals surface area contributed by atoms with Gasteiger partial charge in [-0.05, 0) is 31.5 Å². The van der Waals surface area contributed by atoms with Crippen LogP contribution < -0.4 is 10.6 Å². The Labute approximate surface area is 187 Å². The van der Waals surface area contributed by atoms with E-state index in [-0.39, 0.29) is 35.9 Å². The molecule has 0 saturated carbocycles. The molecule has 0 fully saturated rings. The minimum Gasteiger partial charge on any atom is -0.357 e. The molecule has 0 radical (unpaired) electrons. The molecule has 0 saturated heterocycles. The van der Waals surface area contributed by atoms with Gasteiger partial charge < -0.3 is 15.2 Å². The first-order valence-electron chi connectivity index (χ1n) is 8.73. The molecule has 1 aromatic carbocycles. The number of hydrogen-bond donors (Lipinski definition) is 2. The lowest BCUT2D eigenvalue weighted by Gasteiger charge is -2.18. The second-order valence-corrected chi connectivity index (χ2v) is 7.07. The number of benzene rings is 1. The number of rotatable bonds is 7. The fraction of sp³-hybridized carbons (Fsp3) is 0.500. The molecule has 2 N–H and O–H groups in total. The first-order valence-corrected chi connectivity index (χ1v) is 9.48. The standard InChI is InChI=1S/C18H25Cl2N5O.HI/c1-5-21-18(22-9-8-16-24-17(11(2)3)25-26-16)23-12(4)13-6-7-14(19)15(20)10-13;/h6-7,10-12H,5,8-9H2,1-4H3,(H2,21,22,23);1H. The maximum Gasteiger partial charge on any atom is 0.228 e. The average Bonchev–Trinajstić information content (AvgIpc) is 3.06. The fourth-order valence-corrected chi connectivity index (χ4v) is 2.56. The number of halogens is 3. The van der Waals surface area contributed by atoms with Crippen molar-refractivity contribution in [3.63, 3.8) is 0 Å². The molecule has 1 heterocycles. The van der Waals surface area contributed by atoms with Gasteiger partial charge in [0.15, 0.2) is 11.8 Å². The number of aliphatic imine (C=N–C) groups is 1. The molecule has 9 heteroatoms. The van der Waals surface area contributed by atoms with Crippen molar-refractivity contribution in [2.24, 2.45) is 4.99 Å². The van der Waals surface area contributed by atoms with Crippen molar-refractivity contribution in [1.82, 2.24) is 20.8 Å². The van der Waals surface area contributed by atoms with E-state index in [1.807, 2.05) is 39.8 Å². The van der Waals surface area contributed by atoms with Crippen LogP contribution in [0, 0.1) is 0 Å². The Balaban J connectivity index is 0.00000364. The molecule has 0 amide bonds. The molecule has 150 valence electrons. The third-order valence-corrected chi connectivity index (χ3v) is 4.48. The van der Waals surface area contributed by atoms with Gasteiger partial charge in [-0.1, -0.05) is 48.3 Å². The van der Waals surface area contributed by atoms with Crippen molar-refractivity contribution in [2.45, 2.75) is 46.1 Å². The van der Waals surface area contributed by atoms with Crippen LogP contribution in [0.5, 0.6) is 0 Å². The molecule has 2 rings (SSSR count). The van der Waals surface area contributed by atoms with Crippen LogP contribution in [-0.2, 0) is 6.42 Å². The van der Waals surface area contributed by atoms with Gasteiger partial charge in [-0.2, -0.15) is 4.98 Å². The molecule has 0 spiro atoms. The van der Waals surface area contributed by atoms with E-state index in [0.717, 1.165) is 23.9 Å². The summed E-state index contributed by atoms with van der Waals surface area (Å²) in [6.07, 6.45) is 0.595. The van der Waals surface area contributed by atoms with Crippen molar-refractivity contribution in [1.29, 1.82) is 0 Å². The van der Waals surface area contributed by atoms with Crippen LogP contribution in [0.3, 0.4) is 0 Å². The van der Waals surface area contributed by atoms with Gasteiger partial charge >= 0.3 is 0 Å². The summed E-state index contributed by atoms with van der Waals surface area (Å²) in [5, 5.41) is 11.6. The van der Waals surface area contributed by atoms with Gasteiger partial charge in [-0.3, -0.25) is 4.99 Å². The molecule has 2 aromatic rings. The number of hydrogen-bond acceptors (Lipinski definition) is 4. The van der Waals surface area contributed by atoms with Crippen LogP contribution in [0.2, 0.25) is 10.0 Å². The Morgan fingerprint density at radius 1 is 1.22 bits per heavy atom. The van der Waals surface area contributed by atoms with E-state index in [2.05, 4.69) is 25.8 Å². The van der Waals surface area contributed by atoms with E-state index in [0.29, 0.717) is 28.9 Å². The maximum atomic E-state index is 6.10. The van der Waals surface area contributed by atoms with Gasteiger partial charge in [0, 0.05) is 18.9 Å². The Morgan fingerprint density at radius 2 is 1.96 bits per heavy atom. The van der Waals surface area contributed by atoms with E-state index in [1.54, 1.807) is 6.07 Å². The highest BCUT2D eigenvalue weighted by Crippen LogP contribution is 2.25. The lowest BCUT2D eigenvalue weighted by Crippen LogP contribution is -2.38. The van der Waals surface area contributed by atoms with Gasteiger partial charge in [0.25, 0.3) is 0 Å². The summed E-state index contributed by atoms with van der Waals surface area (Å²) in [4.78, 5) is 8.94. The normalized spacial score (nSPS) is 12.6. The summed E-state index contributed by atoms with van der Waals surface area (Å²) >= 11 is 12.1. The zero-order valence-electron chi connectivity index (χ0n) is 15.9. The Morgan fingerprint density at radius 3 is 2.56 bits per heavy atom.